The Labute approximate surface area is 277 Å². The van der Waals surface area contributed by atoms with Crippen LogP contribution in [-0.4, -0.2) is 33.1 Å². The number of carbonyl (C=O) groups excluding carboxylic acids is 1. The Hall–Kier alpha value is -3.26. The van der Waals surface area contributed by atoms with Crippen molar-refractivity contribution < 1.29 is 21.6 Å². The first-order chi connectivity index (χ1) is 21.9. The van der Waals surface area contributed by atoms with E-state index in [-0.39, 0.29) is 34.8 Å². The third kappa shape index (κ3) is 5.98. The lowest BCUT2D eigenvalue weighted by atomic mass is 9.61. The molecule has 2 aliphatic rings. The monoisotopic (exact) mass is 674 g/mol. The molecule has 0 spiro atoms. The average Bonchev–Trinajstić information content (AvgIpc) is 3.04. The topological polar surface area (TPSA) is 85.3 Å². The van der Waals surface area contributed by atoms with Crippen LogP contribution in [0, 0.1) is 25.7 Å². The standard InChI is InChI=1S/C38H39ClO5S2/c1-4-26-11-13-28(14-12-26)32-22-35(40)33-23-37(46(43,44)36-8-6-5-7-25(36)3)31(27-15-17-29(39)18-16-27)21-34(33)38(32)45(41,42)30-19-9-24(2)10-20-30/h5-20,31-34,37-38H,4,21-23H2,1-3H3/t31-,32-,33+,34-,37?,38?/m0/s1. The van der Waals surface area contributed by atoms with E-state index in [2.05, 4.69) is 6.92 Å². The molecule has 2 fully saturated rings. The first-order valence-corrected chi connectivity index (χ1v) is 19.4. The van der Waals surface area contributed by atoms with Crippen molar-refractivity contribution in [2.45, 2.75) is 78.6 Å². The zero-order valence-electron chi connectivity index (χ0n) is 26.3. The SMILES string of the molecule is CCc1ccc([C@@H]2CC(=O)[C@@H]3CC(S(=O)(=O)c4ccccc4C)[C@H](c4ccc(Cl)cc4)C[C@@H]3C2S(=O)(=O)c2ccc(C)cc2)cc1. The van der Waals surface area contributed by atoms with E-state index < -0.39 is 53.8 Å². The lowest BCUT2D eigenvalue weighted by molar-refractivity contribution is -0.128. The first kappa shape index (κ1) is 32.7. The van der Waals surface area contributed by atoms with Gasteiger partial charge in [0.1, 0.15) is 5.78 Å². The lowest BCUT2D eigenvalue weighted by Gasteiger charge is -2.48. The summed E-state index contributed by atoms with van der Waals surface area (Å²) >= 11 is 6.25. The second-order valence-corrected chi connectivity index (χ2v) is 17.6. The van der Waals surface area contributed by atoms with E-state index in [1.165, 1.54) is 0 Å². The van der Waals surface area contributed by atoms with Gasteiger partial charge in [0.2, 0.25) is 0 Å². The highest BCUT2D eigenvalue weighted by molar-refractivity contribution is 7.92. The molecule has 6 atom stereocenters. The first-order valence-electron chi connectivity index (χ1n) is 15.9. The fourth-order valence-corrected chi connectivity index (χ4v) is 12.5. The third-order valence-corrected chi connectivity index (χ3v) is 15.2. The summed E-state index contributed by atoms with van der Waals surface area (Å²) in [5, 5.41) is -1.27. The Morgan fingerprint density at radius 3 is 1.93 bits per heavy atom. The number of fused-ring (bicyclic) bond motifs is 1. The minimum atomic E-state index is -3.93. The highest BCUT2D eigenvalue weighted by Crippen LogP contribution is 2.54. The summed E-state index contributed by atoms with van der Waals surface area (Å²) in [5.74, 6) is -2.44. The highest BCUT2D eigenvalue weighted by Gasteiger charge is 2.56. The summed E-state index contributed by atoms with van der Waals surface area (Å²) in [6.07, 6.45) is 1.20. The lowest BCUT2D eigenvalue weighted by Crippen LogP contribution is -2.53. The number of hydrogen-bond acceptors (Lipinski definition) is 5. The van der Waals surface area contributed by atoms with Crippen LogP contribution in [0.5, 0.6) is 0 Å². The van der Waals surface area contributed by atoms with Crippen molar-refractivity contribution in [3.8, 4) is 0 Å². The highest BCUT2D eigenvalue weighted by atomic mass is 35.5. The Morgan fingerprint density at radius 2 is 1.30 bits per heavy atom. The second-order valence-electron chi connectivity index (χ2n) is 12.9. The molecule has 4 aromatic carbocycles. The number of hydrogen-bond donors (Lipinski definition) is 0. The van der Waals surface area contributed by atoms with Gasteiger partial charge in [0.15, 0.2) is 19.7 Å². The van der Waals surface area contributed by atoms with Gasteiger partial charge in [0.25, 0.3) is 0 Å². The van der Waals surface area contributed by atoms with Crippen molar-refractivity contribution in [3.05, 3.63) is 130 Å². The predicted octanol–water partition coefficient (Wildman–Crippen LogP) is 8.07. The summed E-state index contributed by atoms with van der Waals surface area (Å²) in [6, 6.07) is 28.9. The number of aryl methyl sites for hydroxylation is 3. The van der Waals surface area contributed by atoms with Crippen LogP contribution in [0.1, 0.15) is 65.8 Å². The van der Waals surface area contributed by atoms with Crippen molar-refractivity contribution >= 4 is 37.1 Å². The predicted molar refractivity (Wildman–Crippen MR) is 183 cm³/mol. The Morgan fingerprint density at radius 1 is 0.696 bits per heavy atom. The molecule has 6 rings (SSSR count). The summed E-state index contributed by atoms with van der Waals surface area (Å²) in [4.78, 5) is 14.6. The van der Waals surface area contributed by atoms with E-state index >= 15 is 0 Å². The molecule has 8 heteroatoms. The zero-order chi connectivity index (χ0) is 32.8. The molecular formula is C38H39ClO5S2. The Kier molecular flexibility index (Phi) is 9.05. The molecule has 4 aromatic rings. The van der Waals surface area contributed by atoms with E-state index in [4.69, 9.17) is 11.6 Å². The number of ketones is 1. The smallest absolute Gasteiger partial charge is 0.182 e. The molecule has 5 nitrogen and oxygen atoms in total. The van der Waals surface area contributed by atoms with E-state index in [1.54, 1.807) is 67.6 Å². The van der Waals surface area contributed by atoms with Gasteiger partial charge in [0.05, 0.1) is 20.3 Å². The molecule has 0 aromatic heterocycles. The number of carbonyl (C=O) groups is 1. The molecular weight excluding hydrogens is 636 g/mol. The van der Waals surface area contributed by atoms with Crippen LogP contribution >= 0.6 is 11.6 Å². The molecule has 0 amide bonds. The van der Waals surface area contributed by atoms with E-state index in [1.807, 2.05) is 43.3 Å². The van der Waals surface area contributed by atoms with Crippen LogP contribution in [0.25, 0.3) is 0 Å². The molecule has 0 saturated heterocycles. The number of rotatable bonds is 7. The summed E-state index contributed by atoms with van der Waals surface area (Å²) in [5.41, 5.74) is 4.32. The minimum absolute atomic E-state index is 0.0468. The fourth-order valence-electron chi connectivity index (χ4n) is 7.80. The molecule has 46 heavy (non-hydrogen) atoms. The van der Waals surface area contributed by atoms with Gasteiger partial charge in [-0.15, -0.1) is 0 Å². The third-order valence-electron chi connectivity index (χ3n) is 10.3. The summed E-state index contributed by atoms with van der Waals surface area (Å²) in [6.45, 7) is 5.76. The van der Waals surface area contributed by atoms with Crippen LogP contribution in [0.3, 0.4) is 0 Å². The van der Waals surface area contributed by atoms with Crippen molar-refractivity contribution in [3.63, 3.8) is 0 Å². The maximum Gasteiger partial charge on any atom is 0.182 e. The molecule has 0 aliphatic heterocycles. The van der Waals surface area contributed by atoms with Crippen LogP contribution < -0.4 is 0 Å². The zero-order valence-corrected chi connectivity index (χ0v) is 28.7. The second kappa shape index (κ2) is 12.7. The minimum Gasteiger partial charge on any atom is -0.299 e. The van der Waals surface area contributed by atoms with Gasteiger partial charge in [-0.2, -0.15) is 0 Å². The van der Waals surface area contributed by atoms with Gasteiger partial charge < -0.3 is 0 Å². The van der Waals surface area contributed by atoms with Crippen LogP contribution in [0.15, 0.2) is 107 Å². The Balaban J connectivity index is 1.51. The van der Waals surface area contributed by atoms with Gasteiger partial charge in [-0.1, -0.05) is 90.8 Å². The van der Waals surface area contributed by atoms with E-state index in [0.717, 1.165) is 28.7 Å². The van der Waals surface area contributed by atoms with Crippen LogP contribution in [-0.2, 0) is 30.9 Å². The molecule has 0 radical (unpaired) electrons. The summed E-state index contributed by atoms with van der Waals surface area (Å²) < 4.78 is 58.4. The van der Waals surface area contributed by atoms with Crippen LogP contribution in [0.4, 0.5) is 0 Å². The largest absolute Gasteiger partial charge is 0.299 e. The van der Waals surface area contributed by atoms with Gasteiger partial charge >= 0.3 is 0 Å². The van der Waals surface area contributed by atoms with Crippen LogP contribution in [0.2, 0.25) is 5.02 Å². The van der Waals surface area contributed by atoms with E-state index in [9.17, 15) is 21.6 Å². The molecule has 2 aliphatic carbocycles. The molecule has 2 saturated carbocycles. The van der Waals surface area contributed by atoms with E-state index in [0.29, 0.717) is 10.6 Å². The molecule has 0 bridgehead atoms. The average molecular weight is 675 g/mol. The quantitative estimate of drug-likeness (QED) is 0.198. The van der Waals surface area contributed by atoms with Crippen molar-refractivity contribution in [2.24, 2.45) is 11.8 Å². The maximum atomic E-state index is 14.8. The van der Waals surface area contributed by atoms with Crippen molar-refractivity contribution in [2.75, 3.05) is 0 Å². The van der Waals surface area contributed by atoms with Crippen molar-refractivity contribution in [1.82, 2.24) is 0 Å². The summed E-state index contributed by atoms with van der Waals surface area (Å²) in [7, 11) is -7.82. The number of benzene rings is 4. The molecule has 0 N–H and O–H groups in total. The number of Topliss-reactive ketones (excluding diaryl/α,β-unsaturated/α-hetero) is 1. The number of sulfone groups is 2. The number of halogens is 1. The van der Waals surface area contributed by atoms with Gasteiger partial charge in [-0.3, -0.25) is 4.79 Å². The Bertz CT molecular complexity index is 1950. The molecule has 2 unspecified atom stereocenters. The fraction of sp³-hybridized carbons (Fsp3) is 0.342. The van der Waals surface area contributed by atoms with Crippen molar-refractivity contribution in [1.29, 1.82) is 0 Å². The molecule has 0 heterocycles. The normalized spacial score (nSPS) is 25.2. The van der Waals surface area contributed by atoms with Gasteiger partial charge in [-0.25, -0.2) is 16.8 Å². The van der Waals surface area contributed by atoms with Gasteiger partial charge in [-0.05, 0) is 91.6 Å². The molecule has 240 valence electrons. The van der Waals surface area contributed by atoms with Gasteiger partial charge in [0, 0.05) is 29.2 Å². The maximum absolute atomic E-state index is 14.8.